The molecule has 2 N–H and O–H groups in total. The van der Waals surface area contributed by atoms with Crippen molar-refractivity contribution in [2.24, 2.45) is 0 Å². The number of aliphatic carboxylic acids is 1. The molecule has 6 heteroatoms. The highest BCUT2D eigenvalue weighted by molar-refractivity contribution is 5.82. The number of amides is 1. The molecular weight excluding hydrogens is 236 g/mol. The maximum Gasteiger partial charge on any atom is 0.327 e. The summed E-state index contributed by atoms with van der Waals surface area (Å²) in [6.07, 6.45) is 1.58. The van der Waals surface area contributed by atoms with Crippen LogP contribution in [-0.4, -0.2) is 41.0 Å². The van der Waals surface area contributed by atoms with Gasteiger partial charge < -0.3 is 14.8 Å². The smallest absolute Gasteiger partial charge is 0.327 e. The number of carbonyl (C=O) groups excluding carboxylic acids is 1. The summed E-state index contributed by atoms with van der Waals surface area (Å²) in [5.74, 6) is -0.622. The number of furan rings is 1. The molecule has 0 fully saturated rings. The van der Waals surface area contributed by atoms with Crippen LogP contribution >= 0.6 is 0 Å². The Labute approximate surface area is 106 Å². The molecular formula is C12H18N2O4. The van der Waals surface area contributed by atoms with E-state index in [0.29, 0.717) is 13.1 Å². The van der Waals surface area contributed by atoms with Gasteiger partial charge in [-0.05, 0) is 18.7 Å². The third-order valence-corrected chi connectivity index (χ3v) is 2.52. The molecule has 1 unspecified atom stereocenters. The van der Waals surface area contributed by atoms with E-state index in [1.807, 2.05) is 17.9 Å². The Morgan fingerprint density at radius 3 is 2.72 bits per heavy atom. The molecule has 1 rings (SSSR count). The van der Waals surface area contributed by atoms with Crippen LogP contribution in [0.3, 0.4) is 0 Å². The van der Waals surface area contributed by atoms with Crippen molar-refractivity contribution in [2.75, 3.05) is 13.1 Å². The second-order valence-electron chi connectivity index (χ2n) is 4.00. The summed E-state index contributed by atoms with van der Waals surface area (Å²) < 4.78 is 5.21. The van der Waals surface area contributed by atoms with E-state index in [9.17, 15) is 9.59 Å². The molecule has 1 atom stereocenters. The fourth-order valence-corrected chi connectivity index (χ4v) is 1.62. The predicted molar refractivity (Wildman–Crippen MR) is 64.9 cm³/mol. The first-order chi connectivity index (χ1) is 8.52. The van der Waals surface area contributed by atoms with Crippen molar-refractivity contribution >= 4 is 11.9 Å². The summed E-state index contributed by atoms with van der Waals surface area (Å²) in [5.41, 5.74) is 0. The molecule has 1 amide bonds. The summed E-state index contributed by atoms with van der Waals surface area (Å²) in [6.45, 7) is 4.66. The number of hydrogen-bond acceptors (Lipinski definition) is 4. The molecule has 18 heavy (non-hydrogen) atoms. The van der Waals surface area contributed by atoms with Gasteiger partial charge in [0.15, 0.2) is 0 Å². The zero-order valence-electron chi connectivity index (χ0n) is 10.5. The Balaban J connectivity index is 2.58. The van der Waals surface area contributed by atoms with Crippen molar-refractivity contribution in [3.8, 4) is 0 Å². The molecule has 0 aliphatic heterocycles. The van der Waals surface area contributed by atoms with E-state index in [0.717, 1.165) is 5.76 Å². The molecule has 0 aromatic carbocycles. The number of carbonyl (C=O) groups is 2. The second kappa shape index (κ2) is 6.80. The van der Waals surface area contributed by atoms with Gasteiger partial charge in [0.05, 0.1) is 12.8 Å². The van der Waals surface area contributed by atoms with Gasteiger partial charge in [-0.25, -0.2) is 4.79 Å². The van der Waals surface area contributed by atoms with E-state index in [4.69, 9.17) is 9.52 Å². The number of nitrogens with one attached hydrogen (secondary N) is 1. The van der Waals surface area contributed by atoms with Gasteiger partial charge >= 0.3 is 5.97 Å². The largest absolute Gasteiger partial charge is 0.480 e. The zero-order valence-corrected chi connectivity index (χ0v) is 10.5. The van der Waals surface area contributed by atoms with Crippen LogP contribution in [0.15, 0.2) is 22.8 Å². The summed E-state index contributed by atoms with van der Waals surface area (Å²) in [4.78, 5) is 23.9. The highest BCUT2D eigenvalue weighted by Crippen LogP contribution is 2.06. The summed E-state index contributed by atoms with van der Waals surface area (Å²) in [5, 5.41) is 11.4. The van der Waals surface area contributed by atoms with Crippen molar-refractivity contribution < 1.29 is 19.1 Å². The summed E-state index contributed by atoms with van der Waals surface area (Å²) in [7, 11) is 0. The average molecular weight is 254 g/mol. The maximum absolute atomic E-state index is 11.0. The van der Waals surface area contributed by atoms with Gasteiger partial charge in [0.2, 0.25) is 5.91 Å². The standard InChI is InChI=1S/C12H18N2O4/c1-3-14(7-10-5-4-6-18-10)8-11(12(16)17)13-9(2)15/h4-6,11H,3,7-8H2,1-2H3,(H,13,15)(H,16,17). The van der Waals surface area contributed by atoms with Crippen LogP contribution in [0.25, 0.3) is 0 Å². The van der Waals surface area contributed by atoms with Crippen molar-refractivity contribution in [1.82, 2.24) is 10.2 Å². The van der Waals surface area contributed by atoms with Crippen LogP contribution in [0.4, 0.5) is 0 Å². The van der Waals surface area contributed by atoms with E-state index in [2.05, 4.69) is 5.32 Å². The monoisotopic (exact) mass is 254 g/mol. The lowest BCUT2D eigenvalue weighted by Gasteiger charge is -2.23. The van der Waals surface area contributed by atoms with Crippen molar-refractivity contribution in [2.45, 2.75) is 26.4 Å². The first kappa shape index (κ1) is 14.2. The first-order valence-corrected chi connectivity index (χ1v) is 5.77. The fourth-order valence-electron chi connectivity index (χ4n) is 1.62. The number of carboxylic acid groups (broad SMARTS) is 1. The van der Waals surface area contributed by atoms with Crippen LogP contribution in [0.5, 0.6) is 0 Å². The zero-order chi connectivity index (χ0) is 13.5. The Morgan fingerprint density at radius 1 is 1.56 bits per heavy atom. The van der Waals surface area contributed by atoms with Gasteiger partial charge in [0, 0.05) is 13.5 Å². The lowest BCUT2D eigenvalue weighted by Crippen LogP contribution is -2.47. The maximum atomic E-state index is 11.0. The normalized spacial score (nSPS) is 12.4. The minimum absolute atomic E-state index is 0.242. The lowest BCUT2D eigenvalue weighted by atomic mass is 10.2. The molecule has 0 spiro atoms. The minimum atomic E-state index is -1.04. The topological polar surface area (TPSA) is 82.8 Å². The number of likely N-dealkylation sites (N-methyl/N-ethyl adjacent to an activating group) is 1. The van der Waals surface area contributed by atoms with E-state index in [1.165, 1.54) is 6.92 Å². The number of rotatable bonds is 7. The highest BCUT2D eigenvalue weighted by Gasteiger charge is 2.21. The second-order valence-corrected chi connectivity index (χ2v) is 4.00. The van der Waals surface area contributed by atoms with Gasteiger partial charge in [-0.3, -0.25) is 9.69 Å². The van der Waals surface area contributed by atoms with Gasteiger partial charge in [0.25, 0.3) is 0 Å². The number of nitrogens with zero attached hydrogens (tertiary/aromatic N) is 1. The lowest BCUT2D eigenvalue weighted by molar-refractivity contribution is -0.142. The number of hydrogen-bond donors (Lipinski definition) is 2. The Bertz CT molecular complexity index is 389. The van der Waals surface area contributed by atoms with E-state index in [-0.39, 0.29) is 12.5 Å². The SMILES string of the molecule is CCN(Cc1ccco1)CC(NC(C)=O)C(=O)O. The Morgan fingerprint density at radius 2 is 2.28 bits per heavy atom. The van der Waals surface area contributed by atoms with Crippen LogP contribution in [-0.2, 0) is 16.1 Å². The van der Waals surface area contributed by atoms with E-state index >= 15 is 0 Å². The first-order valence-electron chi connectivity index (χ1n) is 5.77. The quantitative estimate of drug-likeness (QED) is 0.748. The Hall–Kier alpha value is -1.82. The molecule has 0 saturated heterocycles. The van der Waals surface area contributed by atoms with Gasteiger partial charge in [-0.1, -0.05) is 6.92 Å². The minimum Gasteiger partial charge on any atom is -0.480 e. The van der Waals surface area contributed by atoms with Crippen molar-refractivity contribution in [3.63, 3.8) is 0 Å². The predicted octanol–water partition coefficient (Wildman–Crippen LogP) is 0.691. The van der Waals surface area contributed by atoms with Crippen LogP contribution in [0.1, 0.15) is 19.6 Å². The molecule has 1 aromatic heterocycles. The molecule has 0 saturated carbocycles. The average Bonchev–Trinajstić information content (AvgIpc) is 2.79. The molecule has 6 nitrogen and oxygen atoms in total. The van der Waals surface area contributed by atoms with Gasteiger partial charge in [0.1, 0.15) is 11.8 Å². The summed E-state index contributed by atoms with van der Waals surface area (Å²) in [6, 6.07) is 2.71. The van der Waals surface area contributed by atoms with Crippen LogP contribution < -0.4 is 5.32 Å². The fraction of sp³-hybridized carbons (Fsp3) is 0.500. The number of carboxylic acids is 1. The third-order valence-electron chi connectivity index (χ3n) is 2.52. The highest BCUT2D eigenvalue weighted by atomic mass is 16.4. The van der Waals surface area contributed by atoms with Gasteiger partial charge in [-0.15, -0.1) is 0 Å². The molecule has 0 aliphatic rings. The van der Waals surface area contributed by atoms with E-state index in [1.54, 1.807) is 12.3 Å². The molecule has 100 valence electrons. The Kier molecular flexibility index (Phi) is 5.38. The summed E-state index contributed by atoms with van der Waals surface area (Å²) >= 11 is 0. The molecule has 0 radical (unpaired) electrons. The van der Waals surface area contributed by atoms with Crippen molar-refractivity contribution in [3.05, 3.63) is 24.2 Å². The van der Waals surface area contributed by atoms with Crippen LogP contribution in [0, 0.1) is 0 Å². The molecule has 0 bridgehead atoms. The molecule has 1 aromatic rings. The van der Waals surface area contributed by atoms with Crippen molar-refractivity contribution in [1.29, 1.82) is 0 Å². The molecule has 0 aliphatic carbocycles. The van der Waals surface area contributed by atoms with E-state index < -0.39 is 12.0 Å². The molecule has 1 heterocycles. The third kappa shape index (κ3) is 4.58. The van der Waals surface area contributed by atoms with Crippen LogP contribution in [0.2, 0.25) is 0 Å². The van der Waals surface area contributed by atoms with Gasteiger partial charge in [-0.2, -0.15) is 0 Å².